The van der Waals surface area contributed by atoms with Crippen molar-refractivity contribution in [2.24, 2.45) is 0 Å². The van der Waals surface area contributed by atoms with Crippen molar-refractivity contribution in [1.29, 1.82) is 0 Å². The van der Waals surface area contributed by atoms with Gasteiger partial charge in [-0.15, -0.1) is 4.13 Å². The summed E-state index contributed by atoms with van der Waals surface area (Å²) in [6, 6.07) is 2.67. The number of sulfonamides is 2. The molecule has 0 aliphatic heterocycles. The number of aromatic nitrogens is 2. The van der Waals surface area contributed by atoms with Crippen molar-refractivity contribution in [2.45, 2.75) is 23.6 Å². The van der Waals surface area contributed by atoms with Crippen LogP contribution < -0.4 is 4.13 Å². The molecule has 0 spiro atoms. The molecule has 9 heteroatoms. The van der Waals surface area contributed by atoms with Crippen LogP contribution in [-0.2, 0) is 20.0 Å². The summed E-state index contributed by atoms with van der Waals surface area (Å²) in [6.07, 6.45) is 5.11. The lowest BCUT2D eigenvalue weighted by Crippen LogP contribution is -2.31. The summed E-state index contributed by atoms with van der Waals surface area (Å²) in [7, 11) is -8.46. The summed E-state index contributed by atoms with van der Waals surface area (Å²) < 4.78 is 50.1. The Morgan fingerprint density at radius 1 is 0.762 bits per heavy atom. The molecule has 2 aromatic heterocycles. The van der Waals surface area contributed by atoms with Crippen LogP contribution in [0.1, 0.15) is 11.1 Å². The normalized spacial score (nSPS) is 12.3. The molecule has 0 radical (unpaired) electrons. The molecule has 0 saturated heterocycles. The van der Waals surface area contributed by atoms with E-state index in [0.717, 1.165) is 12.4 Å². The van der Waals surface area contributed by atoms with Gasteiger partial charge in [0.1, 0.15) is 9.79 Å². The lowest BCUT2D eigenvalue weighted by molar-refractivity contribution is 0.576. The Morgan fingerprint density at radius 3 is 1.48 bits per heavy atom. The van der Waals surface area contributed by atoms with Gasteiger partial charge < -0.3 is 0 Å². The summed E-state index contributed by atoms with van der Waals surface area (Å²) in [5.74, 6) is 0. The van der Waals surface area contributed by atoms with E-state index in [4.69, 9.17) is 0 Å². The van der Waals surface area contributed by atoms with Crippen LogP contribution in [0.2, 0.25) is 0 Å². The van der Waals surface area contributed by atoms with Gasteiger partial charge in [-0.1, -0.05) is 0 Å². The molecule has 0 saturated carbocycles. The molecular formula is C12H13N3O4S2. The second-order valence-corrected chi connectivity index (χ2v) is 8.11. The Hall–Kier alpha value is -1.84. The lowest BCUT2D eigenvalue weighted by Gasteiger charge is -2.08. The van der Waals surface area contributed by atoms with E-state index in [0.29, 0.717) is 11.1 Å². The van der Waals surface area contributed by atoms with Crippen molar-refractivity contribution in [3.8, 4) is 0 Å². The zero-order valence-corrected chi connectivity index (χ0v) is 12.9. The Labute approximate surface area is 123 Å². The Morgan fingerprint density at radius 2 is 1.14 bits per heavy atom. The number of aryl methyl sites for hydroxylation is 2. The third-order valence-electron chi connectivity index (χ3n) is 2.54. The summed E-state index contributed by atoms with van der Waals surface area (Å²) in [5.41, 5.74) is 1.21. The summed E-state index contributed by atoms with van der Waals surface area (Å²) in [4.78, 5) is 7.05. The highest BCUT2D eigenvalue weighted by atomic mass is 32.3. The van der Waals surface area contributed by atoms with Gasteiger partial charge in [-0.2, -0.15) is 0 Å². The molecule has 0 aromatic carbocycles. The van der Waals surface area contributed by atoms with E-state index in [1.165, 1.54) is 24.5 Å². The van der Waals surface area contributed by atoms with Crippen LogP contribution in [0.4, 0.5) is 0 Å². The van der Waals surface area contributed by atoms with Crippen LogP contribution >= 0.6 is 0 Å². The van der Waals surface area contributed by atoms with Crippen molar-refractivity contribution >= 4 is 20.0 Å². The standard InChI is InChI=1S/C12H13N3O4S2/c1-9-3-11(7-13-5-9)20(16,17)15-21(18,19)12-4-10(2)6-14-8-12/h3-8,15H,1-2H3. The summed E-state index contributed by atoms with van der Waals surface area (Å²) in [6.45, 7) is 3.32. The second kappa shape index (κ2) is 5.51. The minimum Gasteiger partial charge on any atom is -0.263 e. The maximum Gasteiger partial charge on any atom is 0.255 e. The molecule has 2 aromatic rings. The van der Waals surface area contributed by atoms with Gasteiger partial charge in [-0.05, 0) is 37.1 Å². The molecule has 0 aliphatic rings. The predicted octanol–water partition coefficient (Wildman–Crippen LogP) is 0.761. The van der Waals surface area contributed by atoms with Crippen LogP contribution in [0.5, 0.6) is 0 Å². The highest BCUT2D eigenvalue weighted by Gasteiger charge is 2.25. The number of nitrogens with one attached hydrogen (secondary N) is 1. The van der Waals surface area contributed by atoms with Crippen LogP contribution in [0.15, 0.2) is 46.7 Å². The van der Waals surface area contributed by atoms with E-state index < -0.39 is 20.0 Å². The van der Waals surface area contributed by atoms with Gasteiger partial charge in [0.2, 0.25) is 0 Å². The van der Waals surface area contributed by atoms with Crippen molar-refractivity contribution < 1.29 is 16.8 Å². The summed E-state index contributed by atoms with van der Waals surface area (Å²) in [5, 5.41) is 0. The van der Waals surface area contributed by atoms with Crippen LogP contribution in [0.3, 0.4) is 0 Å². The Bertz CT molecular complexity index is 803. The molecule has 0 unspecified atom stereocenters. The topological polar surface area (TPSA) is 106 Å². The van der Waals surface area contributed by atoms with Gasteiger partial charge in [0, 0.05) is 24.8 Å². The maximum atomic E-state index is 12.1. The highest BCUT2D eigenvalue weighted by molar-refractivity contribution is 8.04. The zero-order valence-electron chi connectivity index (χ0n) is 11.3. The van der Waals surface area contributed by atoms with Gasteiger partial charge in [0.25, 0.3) is 20.0 Å². The van der Waals surface area contributed by atoms with E-state index >= 15 is 0 Å². The zero-order chi connectivity index (χ0) is 15.7. The van der Waals surface area contributed by atoms with Crippen molar-refractivity contribution in [2.75, 3.05) is 0 Å². The number of hydrogen-bond acceptors (Lipinski definition) is 6. The average molecular weight is 327 g/mol. The molecule has 21 heavy (non-hydrogen) atoms. The van der Waals surface area contributed by atoms with Gasteiger partial charge in [-0.3, -0.25) is 9.97 Å². The monoisotopic (exact) mass is 327 g/mol. The van der Waals surface area contributed by atoms with Gasteiger partial charge in [-0.25, -0.2) is 16.8 Å². The molecule has 2 rings (SSSR count). The smallest absolute Gasteiger partial charge is 0.255 e. The molecule has 2 heterocycles. The fraction of sp³-hybridized carbons (Fsp3) is 0.167. The molecule has 112 valence electrons. The molecule has 0 aliphatic carbocycles. The fourth-order valence-corrected chi connectivity index (χ4v) is 4.60. The fourth-order valence-electron chi connectivity index (χ4n) is 1.59. The molecular weight excluding hydrogens is 314 g/mol. The van der Waals surface area contributed by atoms with E-state index in [9.17, 15) is 16.8 Å². The van der Waals surface area contributed by atoms with Crippen LogP contribution in [-0.4, -0.2) is 26.8 Å². The van der Waals surface area contributed by atoms with Crippen LogP contribution in [0, 0.1) is 13.8 Å². The third kappa shape index (κ3) is 3.63. The maximum absolute atomic E-state index is 12.1. The molecule has 0 bridgehead atoms. The van der Waals surface area contributed by atoms with Crippen molar-refractivity contribution in [1.82, 2.24) is 14.1 Å². The Balaban J connectivity index is 2.40. The molecule has 0 amide bonds. The van der Waals surface area contributed by atoms with E-state index in [1.54, 1.807) is 18.0 Å². The molecule has 7 nitrogen and oxygen atoms in total. The van der Waals surface area contributed by atoms with Gasteiger partial charge >= 0.3 is 0 Å². The van der Waals surface area contributed by atoms with Gasteiger partial charge in [0.05, 0.1) is 0 Å². The first-order valence-corrected chi connectivity index (χ1v) is 8.79. The van der Waals surface area contributed by atoms with Crippen molar-refractivity contribution in [3.05, 3.63) is 48.0 Å². The number of nitrogens with zero attached hydrogens (tertiary/aromatic N) is 2. The molecule has 0 atom stereocenters. The third-order valence-corrected chi connectivity index (χ3v) is 5.98. The van der Waals surface area contributed by atoms with Crippen LogP contribution in [0.25, 0.3) is 0 Å². The molecule has 0 fully saturated rings. The number of hydrogen-bond donors (Lipinski definition) is 1. The van der Waals surface area contributed by atoms with E-state index in [-0.39, 0.29) is 9.79 Å². The average Bonchev–Trinajstić information content (AvgIpc) is 2.37. The quantitative estimate of drug-likeness (QED) is 0.888. The first kappa shape index (κ1) is 15.5. The lowest BCUT2D eigenvalue weighted by atomic mass is 10.3. The number of rotatable bonds is 4. The Kier molecular flexibility index (Phi) is 4.08. The minimum absolute atomic E-state index is 0.216. The van der Waals surface area contributed by atoms with Gasteiger partial charge in [0.15, 0.2) is 0 Å². The minimum atomic E-state index is -4.23. The largest absolute Gasteiger partial charge is 0.263 e. The van der Waals surface area contributed by atoms with Crippen molar-refractivity contribution in [3.63, 3.8) is 0 Å². The second-order valence-electron chi connectivity index (χ2n) is 4.49. The van der Waals surface area contributed by atoms with E-state index in [2.05, 4.69) is 9.97 Å². The SMILES string of the molecule is Cc1cncc(S(=O)(=O)NS(=O)(=O)c2cncc(C)c2)c1. The predicted molar refractivity (Wildman–Crippen MR) is 75.5 cm³/mol. The van der Waals surface area contributed by atoms with E-state index in [1.807, 2.05) is 0 Å². The first-order valence-electron chi connectivity index (χ1n) is 5.83. The first-order chi connectivity index (χ1) is 9.71. The highest BCUT2D eigenvalue weighted by Crippen LogP contribution is 2.14. The molecule has 1 N–H and O–H groups in total. The summed E-state index contributed by atoms with van der Waals surface area (Å²) >= 11 is 0. The number of pyridine rings is 2.